The summed E-state index contributed by atoms with van der Waals surface area (Å²) in [6, 6.07) is 7.28. The fourth-order valence-electron chi connectivity index (χ4n) is 2.45. The van der Waals surface area contributed by atoms with Crippen molar-refractivity contribution in [3.63, 3.8) is 0 Å². The van der Waals surface area contributed by atoms with Crippen LogP contribution in [0.25, 0.3) is 0 Å². The monoisotopic (exact) mass is 324 g/mol. The molecule has 1 aromatic carbocycles. The van der Waals surface area contributed by atoms with Gasteiger partial charge >= 0.3 is 7.60 Å². The van der Waals surface area contributed by atoms with E-state index in [2.05, 4.69) is 0 Å². The summed E-state index contributed by atoms with van der Waals surface area (Å²) in [6.45, 7) is 6.53. The van der Waals surface area contributed by atoms with Crippen LogP contribution in [-0.2, 0) is 13.6 Å². The van der Waals surface area contributed by atoms with E-state index in [4.69, 9.17) is 13.8 Å². The maximum atomic E-state index is 12.7. The van der Waals surface area contributed by atoms with Gasteiger partial charge in [0.05, 0.1) is 25.1 Å². The Balaban J connectivity index is 1.88. The maximum absolute atomic E-state index is 12.7. The van der Waals surface area contributed by atoms with Gasteiger partial charge in [-0.15, -0.1) is 0 Å². The number of benzene rings is 1. The number of para-hydroxylation sites is 1. The van der Waals surface area contributed by atoms with Gasteiger partial charge in [-0.1, -0.05) is 39.0 Å². The number of rotatable bonds is 1. The number of aliphatic hydroxyl groups is 1. The molecule has 1 saturated heterocycles. The van der Waals surface area contributed by atoms with Crippen LogP contribution in [0.15, 0.2) is 35.8 Å². The first-order valence-electron chi connectivity index (χ1n) is 7.36. The molecule has 2 unspecified atom stereocenters. The Morgan fingerprint density at radius 3 is 2.59 bits per heavy atom. The van der Waals surface area contributed by atoms with E-state index >= 15 is 0 Å². The lowest BCUT2D eigenvalue weighted by Crippen LogP contribution is -2.29. The van der Waals surface area contributed by atoms with Gasteiger partial charge < -0.3 is 18.9 Å². The Labute approximate surface area is 130 Å². The number of ether oxygens (including phenoxy) is 1. The third-order valence-electron chi connectivity index (χ3n) is 3.94. The van der Waals surface area contributed by atoms with Crippen LogP contribution < -0.4 is 4.74 Å². The number of hydrogen-bond acceptors (Lipinski definition) is 5. The zero-order valence-electron chi connectivity index (χ0n) is 13.0. The van der Waals surface area contributed by atoms with Gasteiger partial charge in [0.2, 0.25) is 0 Å². The zero-order valence-corrected chi connectivity index (χ0v) is 13.9. The molecular formula is C16H21O5P. The Morgan fingerprint density at radius 2 is 1.91 bits per heavy atom. The second-order valence-corrected chi connectivity index (χ2v) is 8.51. The van der Waals surface area contributed by atoms with Gasteiger partial charge in [0.15, 0.2) is 0 Å². The minimum absolute atomic E-state index is 0.155. The van der Waals surface area contributed by atoms with E-state index in [1.807, 2.05) is 39.0 Å². The second kappa shape index (κ2) is 5.50. The van der Waals surface area contributed by atoms with E-state index in [1.54, 1.807) is 6.07 Å². The van der Waals surface area contributed by atoms with Crippen molar-refractivity contribution in [2.45, 2.75) is 26.9 Å². The minimum atomic E-state index is -3.34. The van der Waals surface area contributed by atoms with Gasteiger partial charge in [-0.2, -0.15) is 0 Å². The molecule has 0 spiro atoms. The van der Waals surface area contributed by atoms with Crippen molar-refractivity contribution < 1.29 is 23.5 Å². The molecule has 0 radical (unpaired) electrons. The largest absolute Gasteiger partial charge is 0.461 e. The first-order valence-corrected chi connectivity index (χ1v) is 8.97. The molecule has 1 aromatic rings. The van der Waals surface area contributed by atoms with Crippen molar-refractivity contribution in [3.8, 4) is 5.75 Å². The highest BCUT2D eigenvalue weighted by atomic mass is 31.2. The SMILES string of the molecule is CC1/C(=C/P2(=O)OCC(C)(C)CO2)Oc2ccccc2C1O. The molecule has 1 fully saturated rings. The van der Waals surface area contributed by atoms with Gasteiger partial charge in [0.25, 0.3) is 0 Å². The van der Waals surface area contributed by atoms with Gasteiger partial charge in [-0.05, 0) is 6.07 Å². The molecular weight excluding hydrogens is 303 g/mol. The molecule has 5 nitrogen and oxygen atoms in total. The van der Waals surface area contributed by atoms with Crippen LogP contribution >= 0.6 is 7.60 Å². The van der Waals surface area contributed by atoms with Gasteiger partial charge in [-0.25, -0.2) is 0 Å². The summed E-state index contributed by atoms with van der Waals surface area (Å²) in [5, 5.41) is 10.4. The van der Waals surface area contributed by atoms with Gasteiger partial charge in [0, 0.05) is 16.9 Å². The molecule has 2 atom stereocenters. The quantitative estimate of drug-likeness (QED) is 0.795. The second-order valence-electron chi connectivity index (χ2n) is 6.66. The summed E-state index contributed by atoms with van der Waals surface area (Å²) < 4.78 is 29.4. The molecule has 2 heterocycles. The van der Waals surface area contributed by atoms with Crippen LogP contribution in [-0.4, -0.2) is 18.3 Å². The Kier molecular flexibility index (Phi) is 3.94. The highest BCUT2D eigenvalue weighted by Gasteiger charge is 2.38. The molecule has 0 saturated carbocycles. The van der Waals surface area contributed by atoms with Crippen molar-refractivity contribution >= 4 is 7.60 Å². The van der Waals surface area contributed by atoms with Crippen LogP contribution in [0.2, 0.25) is 0 Å². The van der Waals surface area contributed by atoms with Crippen LogP contribution in [0.1, 0.15) is 32.4 Å². The molecule has 0 aliphatic carbocycles. The fraction of sp³-hybridized carbons (Fsp3) is 0.500. The van der Waals surface area contributed by atoms with Crippen LogP contribution in [0.3, 0.4) is 0 Å². The van der Waals surface area contributed by atoms with Gasteiger partial charge in [0.1, 0.15) is 11.5 Å². The average molecular weight is 324 g/mol. The van der Waals surface area contributed by atoms with Crippen molar-refractivity contribution in [1.29, 1.82) is 0 Å². The number of aliphatic hydroxyl groups excluding tert-OH is 1. The Bertz CT molecular complexity index is 638. The normalized spacial score (nSPS) is 31.4. The fourth-order valence-corrected chi connectivity index (χ4v) is 4.33. The summed E-state index contributed by atoms with van der Waals surface area (Å²) in [5.74, 6) is 2.09. The summed E-state index contributed by atoms with van der Waals surface area (Å²) in [5.41, 5.74) is 0.578. The van der Waals surface area contributed by atoms with E-state index < -0.39 is 13.7 Å². The highest BCUT2D eigenvalue weighted by molar-refractivity contribution is 7.57. The average Bonchev–Trinajstić information content (AvgIpc) is 2.48. The molecule has 3 rings (SSSR count). The van der Waals surface area contributed by atoms with E-state index in [0.29, 0.717) is 24.7 Å². The third kappa shape index (κ3) is 2.99. The summed E-state index contributed by atoms with van der Waals surface area (Å²) in [7, 11) is -3.34. The van der Waals surface area contributed by atoms with Crippen molar-refractivity contribution in [2.24, 2.45) is 11.3 Å². The number of hydrogen-bond donors (Lipinski definition) is 1. The summed E-state index contributed by atoms with van der Waals surface area (Å²) in [4.78, 5) is 0. The van der Waals surface area contributed by atoms with Crippen molar-refractivity contribution in [2.75, 3.05) is 13.2 Å². The van der Waals surface area contributed by atoms with Gasteiger partial charge in [-0.3, -0.25) is 4.57 Å². The lowest BCUT2D eigenvalue weighted by atomic mass is 9.93. The smallest absolute Gasteiger partial charge is 0.357 e. The molecule has 0 amide bonds. The molecule has 2 aliphatic heterocycles. The van der Waals surface area contributed by atoms with E-state index in [-0.39, 0.29) is 11.3 Å². The molecule has 22 heavy (non-hydrogen) atoms. The molecule has 1 N–H and O–H groups in total. The van der Waals surface area contributed by atoms with E-state index in [0.717, 1.165) is 5.56 Å². The van der Waals surface area contributed by atoms with Crippen molar-refractivity contribution in [1.82, 2.24) is 0 Å². The molecule has 0 aromatic heterocycles. The zero-order chi connectivity index (χ0) is 16.0. The summed E-state index contributed by atoms with van der Waals surface area (Å²) >= 11 is 0. The number of fused-ring (bicyclic) bond motifs is 1. The first kappa shape index (κ1) is 15.8. The maximum Gasteiger partial charge on any atom is 0.357 e. The van der Waals surface area contributed by atoms with Crippen molar-refractivity contribution in [3.05, 3.63) is 41.4 Å². The lowest BCUT2D eigenvalue weighted by Gasteiger charge is -2.34. The minimum Gasteiger partial charge on any atom is -0.461 e. The lowest BCUT2D eigenvalue weighted by molar-refractivity contribution is 0.0447. The molecule has 2 aliphatic rings. The van der Waals surface area contributed by atoms with Crippen LogP contribution in [0.4, 0.5) is 0 Å². The first-order chi connectivity index (χ1) is 10.3. The third-order valence-corrected chi connectivity index (χ3v) is 5.49. The summed E-state index contributed by atoms with van der Waals surface area (Å²) in [6.07, 6.45) is -0.705. The van der Waals surface area contributed by atoms with E-state index in [9.17, 15) is 9.67 Å². The Morgan fingerprint density at radius 1 is 1.27 bits per heavy atom. The topological polar surface area (TPSA) is 65.0 Å². The van der Waals surface area contributed by atoms with E-state index in [1.165, 1.54) is 5.82 Å². The molecule has 120 valence electrons. The predicted molar refractivity (Wildman–Crippen MR) is 82.6 cm³/mol. The standard InChI is InChI=1S/C16H21O5P/c1-11-14(8-22(18)19-9-16(2,3)10-20-22)21-13-7-5-4-6-12(13)15(11)17/h4-8,11,15,17H,9-10H2,1-3H3/b14-8-. The molecule has 0 bridgehead atoms. The highest BCUT2D eigenvalue weighted by Crippen LogP contribution is 2.57. The van der Waals surface area contributed by atoms with Crippen LogP contribution in [0.5, 0.6) is 5.75 Å². The van der Waals surface area contributed by atoms with Crippen LogP contribution in [0, 0.1) is 11.3 Å². The molecule has 6 heteroatoms. The Hall–Kier alpha value is -1.13. The predicted octanol–water partition coefficient (Wildman–Crippen LogP) is 3.86.